The molecule has 0 radical (unpaired) electrons. The van der Waals surface area contributed by atoms with Crippen molar-refractivity contribution in [2.45, 2.75) is 39.5 Å². The quantitative estimate of drug-likeness (QED) is 0.694. The summed E-state index contributed by atoms with van der Waals surface area (Å²) in [7, 11) is 0. The number of nitrogens with one attached hydrogen (secondary N) is 2. The molecule has 0 aliphatic carbocycles. The van der Waals surface area contributed by atoms with Crippen molar-refractivity contribution in [3.05, 3.63) is 63.5 Å². The summed E-state index contributed by atoms with van der Waals surface area (Å²) in [5, 5.41) is 5.33. The van der Waals surface area contributed by atoms with Gasteiger partial charge in [-0.3, -0.25) is 14.6 Å². The molecule has 2 rings (SSSR count). The molecule has 0 aromatic carbocycles. The van der Waals surface area contributed by atoms with E-state index in [9.17, 15) is 14.4 Å². The van der Waals surface area contributed by atoms with Gasteiger partial charge >= 0.3 is 5.63 Å². The predicted molar refractivity (Wildman–Crippen MR) is 102 cm³/mol. The largest absolute Gasteiger partial charge is 0.427 e. The molecule has 2 heterocycles. The molecule has 0 saturated heterocycles. The molecule has 0 fully saturated rings. The molecule has 27 heavy (non-hydrogen) atoms. The summed E-state index contributed by atoms with van der Waals surface area (Å²) in [6.45, 7) is 6.22. The van der Waals surface area contributed by atoms with Crippen LogP contribution in [0.5, 0.6) is 0 Å². The Balaban J connectivity index is 1.92. The Morgan fingerprint density at radius 3 is 2.37 bits per heavy atom. The zero-order chi connectivity index (χ0) is 19.8. The molecule has 7 nitrogen and oxygen atoms in total. The fourth-order valence-electron chi connectivity index (χ4n) is 2.77. The van der Waals surface area contributed by atoms with Crippen molar-refractivity contribution in [2.75, 3.05) is 13.1 Å². The van der Waals surface area contributed by atoms with Gasteiger partial charge in [-0.05, 0) is 37.1 Å². The normalized spacial score (nSPS) is 11.7. The monoisotopic (exact) mass is 371 g/mol. The van der Waals surface area contributed by atoms with Gasteiger partial charge in [-0.1, -0.05) is 20.3 Å². The van der Waals surface area contributed by atoms with Gasteiger partial charge in [0.1, 0.15) is 11.3 Å². The number of pyridine rings is 1. The number of nitrogens with zero attached hydrogens (tertiary/aromatic N) is 1. The summed E-state index contributed by atoms with van der Waals surface area (Å²) >= 11 is 0. The van der Waals surface area contributed by atoms with Crippen LogP contribution >= 0.6 is 0 Å². The minimum atomic E-state index is -0.633. The van der Waals surface area contributed by atoms with E-state index in [0.717, 1.165) is 12.8 Å². The zero-order valence-electron chi connectivity index (χ0n) is 15.9. The molecule has 0 spiro atoms. The molecule has 144 valence electrons. The lowest BCUT2D eigenvalue weighted by atomic mass is 10.0. The fraction of sp³-hybridized carbons (Fsp3) is 0.400. The van der Waals surface area contributed by atoms with Gasteiger partial charge in [-0.2, -0.15) is 0 Å². The van der Waals surface area contributed by atoms with E-state index in [2.05, 4.69) is 22.5 Å². The van der Waals surface area contributed by atoms with Crippen LogP contribution in [0.1, 0.15) is 64.6 Å². The Hall–Kier alpha value is -2.96. The molecular formula is C20H25N3O4. The first-order valence-corrected chi connectivity index (χ1v) is 9.05. The fourth-order valence-corrected chi connectivity index (χ4v) is 2.77. The molecule has 0 aliphatic heterocycles. The highest BCUT2D eigenvalue weighted by Crippen LogP contribution is 2.21. The number of rotatable bonds is 8. The van der Waals surface area contributed by atoms with Crippen LogP contribution in [0.4, 0.5) is 0 Å². The molecule has 0 bridgehead atoms. The smallest absolute Gasteiger partial charge is 0.349 e. The number of aromatic nitrogens is 1. The van der Waals surface area contributed by atoms with Gasteiger partial charge in [-0.15, -0.1) is 0 Å². The number of hydrogen-bond donors (Lipinski definition) is 2. The van der Waals surface area contributed by atoms with Gasteiger partial charge in [0.15, 0.2) is 0 Å². The third-order valence-corrected chi connectivity index (χ3v) is 4.24. The summed E-state index contributed by atoms with van der Waals surface area (Å²) in [4.78, 5) is 40.3. The third kappa shape index (κ3) is 5.51. The molecule has 0 aliphatic rings. The van der Waals surface area contributed by atoms with Crippen molar-refractivity contribution in [1.82, 2.24) is 15.6 Å². The van der Waals surface area contributed by atoms with E-state index in [-0.39, 0.29) is 30.5 Å². The van der Waals surface area contributed by atoms with Crippen LogP contribution in [0, 0.1) is 6.92 Å². The Morgan fingerprint density at radius 1 is 1.15 bits per heavy atom. The van der Waals surface area contributed by atoms with E-state index < -0.39 is 11.5 Å². The highest BCUT2D eigenvalue weighted by atomic mass is 16.4. The number of carbonyl (C=O) groups excluding carboxylic acids is 2. The Kier molecular flexibility index (Phi) is 7.28. The summed E-state index contributed by atoms with van der Waals surface area (Å²) in [5.41, 5.74) is 0.446. The van der Waals surface area contributed by atoms with E-state index >= 15 is 0 Å². The highest BCUT2D eigenvalue weighted by Gasteiger charge is 2.18. The van der Waals surface area contributed by atoms with Crippen molar-refractivity contribution in [1.29, 1.82) is 0 Å². The minimum absolute atomic E-state index is 0.00269. The summed E-state index contributed by atoms with van der Waals surface area (Å²) in [6.07, 6.45) is 4.95. The third-order valence-electron chi connectivity index (χ3n) is 4.24. The lowest BCUT2D eigenvalue weighted by Crippen LogP contribution is -2.36. The first-order chi connectivity index (χ1) is 12.9. The average Bonchev–Trinajstić information content (AvgIpc) is 2.65. The molecule has 1 unspecified atom stereocenters. The Bertz CT molecular complexity index is 846. The maximum atomic E-state index is 12.3. The number of amides is 2. The van der Waals surface area contributed by atoms with Crippen LogP contribution in [0.15, 0.2) is 39.8 Å². The molecule has 1 atom stereocenters. The number of hydrogen-bond acceptors (Lipinski definition) is 5. The Morgan fingerprint density at radius 2 is 1.78 bits per heavy atom. The van der Waals surface area contributed by atoms with Crippen LogP contribution in [-0.4, -0.2) is 29.9 Å². The lowest BCUT2D eigenvalue weighted by molar-refractivity contribution is 0.0924. The standard InChI is InChI=1S/C20H25N3O4/c1-4-5-13(2)16-12-14(3)17(20(26)27-16)19(25)23-11-10-22-18(24)15-6-8-21-9-7-15/h6-9,12-13H,4-5,10-11H2,1-3H3,(H,22,24)(H,23,25). The molecule has 2 aromatic rings. The molecule has 0 saturated carbocycles. The van der Waals surface area contributed by atoms with E-state index in [1.165, 1.54) is 12.4 Å². The first-order valence-electron chi connectivity index (χ1n) is 9.05. The van der Waals surface area contributed by atoms with Gasteiger partial charge in [0, 0.05) is 37.0 Å². The van der Waals surface area contributed by atoms with Crippen molar-refractivity contribution in [3.63, 3.8) is 0 Å². The predicted octanol–water partition coefficient (Wildman–Crippen LogP) is 2.41. The maximum absolute atomic E-state index is 12.3. The van der Waals surface area contributed by atoms with Crippen molar-refractivity contribution < 1.29 is 14.0 Å². The number of aryl methyl sites for hydroxylation is 1. The van der Waals surface area contributed by atoms with Gasteiger partial charge in [0.25, 0.3) is 11.8 Å². The van der Waals surface area contributed by atoms with Crippen LogP contribution < -0.4 is 16.3 Å². The van der Waals surface area contributed by atoms with Crippen molar-refractivity contribution in [3.8, 4) is 0 Å². The topological polar surface area (TPSA) is 101 Å². The van der Waals surface area contributed by atoms with Crippen LogP contribution in [-0.2, 0) is 0 Å². The second kappa shape index (κ2) is 9.66. The summed E-state index contributed by atoms with van der Waals surface area (Å²) in [6, 6.07) is 4.95. The molecule has 2 amide bonds. The molecule has 7 heteroatoms. The highest BCUT2D eigenvalue weighted by molar-refractivity contribution is 5.95. The van der Waals surface area contributed by atoms with E-state index in [0.29, 0.717) is 16.9 Å². The van der Waals surface area contributed by atoms with Gasteiger partial charge in [0.2, 0.25) is 0 Å². The van der Waals surface area contributed by atoms with E-state index in [4.69, 9.17) is 4.42 Å². The SMILES string of the molecule is CCCC(C)c1cc(C)c(C(=O)NCCNC(=O)c2ccncc2)c(=O)o1. The van der Waals surface area contributed by atoms with Gasteiger partial charge in [-0.25, -0.2) is 4.79 Å². The molecule has 2 N–H and O–H groups in total. The van der Waals surface area contributed by atoms with Crippen LogP contribution in [0.2, 0.25) is 0 Å². The van der Waals surface area contributed by atoms with Gasteiger partial charge in [0.05, 0.1) is 0 Å². The lowest BCUT2D eigenvalue weighted by Gasteiger charge is -2.12. The van der Waals surface area contributed by atoms with Crippen molar-refractivity contribution >= 4 is 11.8 Å². The first kappa shape index (κ1) is 20.4. The average molecular weight is 371 g/mol. The second-order valence-corrected chi connectivity index (χ2v) is 6.43. The molecular weight excluding hydrogens is 346 g/mol. The number of carbonyl (C=O) groups is 2. The van der Waals surface area contributed by atoms with Gasteiger partial charge < -0.3 is 15.1 Å². The molecule has 2 aromatic heterocycles. The summed E-state index contributed by atoms with van der Waals surface area (Å²) in [5.74, 6) is -0.0341. The van der Waals surface area contributed by atoms with Crippen molar-refractivity contribution in [2.24, 2.45) is 0 Å². The maximum Gasteiger partial charge on any atom is 0.349 e. The van der Waals surface area contributed by atoms with Crippen LogP contribution in [0.3, 0.4) is 0 Å². The van der Waals surface area contributed by atoms with E-state index in [1.54, 1.807) is 25.1 Å². The minimum Gasteiger partial charge on any atom is -0.427 e. The summed E-state index contributed by atoms with van der Waals surface area (Å²) < 4.78 is 5.34. The second-order valence-electron chi connectivity index (χ2n) is 6.43. The van der Waals surface area contributed by atoms with E-state index in [1.807, 2.05) is 6.92 Å². The van der Waals surface area contributed by atoms with Crippen LogP contribution in [0.25, 0.3) is 0 Å². The zero-order valence-corrected chi connectivity index (χ0v) is 15.9. The Labute approximate surface area is 158 Å².